The first kappa shape index (κ1) is 21.0. The van der Waals surface area contributed by atoms with Crippen LogP contribution in [0.1, 0.15) is 55.6 Å². The summed E-state index contributed by atoms with van der Waals surface area (Å²) in [5.74, 6) is -0.0473. The number of likely N-dealkylation sites (N-methyl/N-ethyl adjacent to an activating group) is 1. The van der Waals surface area contributed by atoms with Gasteiger partial charge in [-0.3, -0.25) is 9.59 Å². The number of carbonyl (C=O) groups excluding carboxylic acids is 2. The molecule has 0 spiro atoms. The molecule has 1 fully saturated rings. The van der Waals surface area contributed by atoms with Crippen molar-refractivity contribution in [2.45, 2.75) is 59.0 Å². The molecule has 156 valence electrons. The van der Waals surface area contributed by atoms with Gasteiger partial charge in [0.2, 0.25) is 0 Å². The van der Waals surface area contributed by atoms with E-state index in [1.165, 1.54) is 0 Å². The minimum atomic E-state index is -0.570. The molecule has 1 aliphatic carbocycles. The molecule has 0 radical (unpaired) electrons. The molecule has 2 aromatic rings. The van der Waals surface area contributed by atoms with Crippen LogP contribution in [0.15, 0.2) is 23.0 Å². The van der Waals surface area contributed by atoms with Gasteiger partial charge in [0.25, 0.3) is 11.5 Å². The van der Waals surface area contributed by atoms with Crippen LogP contribution in [0.4, 0.5) is 0 Å². The van der Waals surface area contributed by atoms with Crippen molar-refractivity contribution in [2.24, 2.45) is 5.92 Å². The second kappa shape index (κ2) is 8.76. The number of benzene rings is 1. The summed E-state index contributed by atoms with van der Waals surface area (Å²) in [6.45, 7) is 6.01. The van der Waals surface area contributed by atoms with Crippen LogP contribution in [0.5, 0.6) is 0 Å². The number of amides is 1. The Labute approximate surface area is 170 Å². The molecule has 1 saturated carbocycles. The zero-order chi connectivity index (χ0) is 21.1. The first-order valence-corrected chi connectivity index (χ1v) is 10.3. The van der Waals surface area contributed by atoms with Crippen LogP contribution in [0.2, 0.25) is 0 Å². The highest BCUT2D eigenvalue weighted by atomic mass is 16.5. The van der Waals surface area contributed by atoms with Gasteiger partial charge in [-0.15, -0.1) is 0 Å². The molecule has 0 bridgehead atoms. The first-order chi connectivity index (χ1) is 13.8. The summed E-state index contributed by atoms with van der Waals surface area (Å²) >= 11 is 0. The van der Waals surface area contributed by atoms with E-state index in [9.17, 15) is 14.4 Å². The average Bonchev–Trinajstić information content (AvgIpc) is 2.72. The number of ether oxygens (including phenoxy) is 1. The summed E-state index contributed by atoms with van der Waals surface area (Å²) in [7, 11) is 1.78. The molecule has 7 heteroatoms. The molecular weight excluding hydrogens is 370 g/mol. The monoisotopic (exact) mass is 399 g/mol. The third-order valence-electron chi connectivity index (χ3n) is 5.91. The molecule has 29 heavy (non-hydrogen) atoms. The quantitative estimate of drug-likeness (QED) is 0.722. The van der Waals surface area contributed by atoms with Crippen molar-refractivity contribution in [3.63, 3.8) is 0 Å². The lowest BCUT2D eigenvalue weighted by Gasteiger charge is -2.33. The summed E-state index contributed by atoms with van der Waals surface area (Å²) < 4.78 is 6.88. The van der Waals surface area contributed by atoms with Gasteiger partial charge in [-0.05, 0) is 63.6 Å². The molecule has 0 saturated heterocycles. The molecular formula is C22H29N3O4. The standard InChI is InChI=1S/C22H29N3O4/c1-5-25-19-11-8-16(12-18(19)23-15(3)21(25)27)22(28)29-13-20(26)24(4)17-9-6-14(2)7-10-17/h8,11-12,14,17H,5-7,9-10,13H2,1-4H3. The van der Waals surface area contributed by atoms with Crippen LogP contribution >= 0.6 is 0 Å². The minimum absolute atomic E-state index is 0.138. The van der Waals surface area contributed by atoms with Crippen LogP contribution in [-0.4, -0.2) is 46.0 Å². The van der Waals surface area contributed by atoms with E-state index in [2.05, 4.69) is 11.9 Å². The highest BCUT2D eigenvalue weighted by molar-refractivity contribution is 5.94. The van der Waals surface area contributed by atoms with E-state index in [4.69, 9.17) is 4.74 Å². The predicted octanol–water partition coefficient (Wildman–Crippen LogP) is 2.92. The SMILES string of the molecule is CCn1c(=O)c(C)nc2cc(C(=O)OCC(=O)N(C)C3CCC(C)CC3)ccc21. The lowest BCUT2D eigenvalue weighted by Crippen LogP contribution is -2.41. The van der Waals surface area contributed by atoms with E-state index >= 15 is 0 Å². The molecule has 7 nitrogen and oxygen atoms in total. The lowest BCUT2D eigenvalue weighted by atomic mass is 9.87. The van der Waals surface area contributed by atoms with Crippen molar-refractivity contribution in [1.29, 1.82) is 0 Å². The van der Waals surface area contributed by atoms with E-state index in [1.54, 1.807) is 41.6 Å². The Morgan fingerprint density at radius 2 is 1.93 bits per heavy atom. The van der Waals surface area contributed by atoms with Crippen molar-refractivity contribution in [3.05, 3.63) is 39.8 Å². The first-order valence-electron chi connectivity index (χ1n) is 10.3. The van der Waals surface area contributed by atoms with Gasteiger partial charge in [0.15, 0.2) is 6.61 Å². The van der Waals surface area contributed by atoms with Crippen molar-refractivity contribution in [3.8, 4) is 0 Å². The van der Waals surface area contributed by atoms with Gasteiger partial charge in [-0.25, -0.2) is 9.78 Å². The third-order valence-corrected chi connectivity index (χ3v) is 5.91. The summed E-state index contributed by atoms with van der Waals surface area (Å²) in [6.07, 6.45) is 4.22. The molecule has 1 aromatic heterocycles. The number of fused-ring (bicyclic) bond motifs is 1. The van der Waals surface area contributed by atoms with E-state index in [0.717, 1.165) is 25.7 Å². The second-order valence-electron chi connectivity index (χ2n) is 7.94. The smallest absolute Gasteiger partial charge is 0.338 e. The Kier molecular flexibility index (Phi) is 6.35. The Hall–Kier alpha value is -2.70. The maximum atomic E-state index is 12.5. The van der Waals surface area contributed by atoms with E-state index in [-0.39, 0.29) is 24.1 Å². The topological polar surface area (TPSA) is 81.5 Å². The zero-order valence-electron chi connectivity index (χ0n) is 17.6. The Bertz CT molecular complexity index is 974. The number of carbonyl (C=O) groups is 2. The van der Waals surface area contributed by atoms with Gasteiger partial charge >= 0.3 is 5.97 Å². The fourth-order valence-corrected chi connectivity index (χ4v) is 3.96. The van der Waals surface area contributed by atoms with Crippen molar-refractivity contribution < 1.29 is 14.3 Å². The van der Waals surface area contributed by atoms with Crippen molar-refractivity contribution in [1.82, 2.24) is 14.5 Å². The van der Waals surface area contributed by atoms with E-state index in [0.29, 0.717) is 34.8 Å². The molecule has 1 heterocycles. The number of hydrogen-bond acceptors (Lipinski definition) is 5. The Balaban J connectivity index is 1.67. The maximum absolute atomic E-state index is 12.5. The van der Waals surface area contributed by atoms with Gasteiger partial charge in [0.05, 0.1) is 16.6 Å². The largest absolute Gasteiger partial charge is 0.452 e. The molecule has 1 aromatic carbocycles. The molecule has 0 unspecified atom stereocenters. The number of aromatic nitrogens is 2. The molecule has 1 amide bonds. The Morgan fingerprint density at radius 1 is 1.24 bits per heavy atom. The highest BCUT2D eigenvalue weighted by Crippen LogP contribution is 2.26. The van der Waals surface area contributed by atoms with Crippen LogP contribution in [0.3, 0.4) is 0 Å². The summed E-state index contributed by atoms with van der Waals surface area (Å²) in [5, 5.41) is 0. The van der Waals surface area contributed by atoms with Gasteiger partial charge < -0.3 is 14.2 Å². The summed E-state index contributed by atoms with van der Waals surface area (Å²) in [5.41, 5.74) is 1.78. The molecule has 1 aliphatic rings. The molecule has 3 rings (SSSR count). The van der Waals surface area contributed by atoms with Crippen molar-refractivity contribution in [2.75, 3.05) is 13.7 Å². The molecule has 0 N–H and O–H groups in total. The lowest BCUT2D eigenvalue weighted by molar-refractivity contribution is -0.136. The fourth-order valence-electron chi connectivity index (χ4n) is 3.96. The van der Waals surface area contributed by atoms with Gasteiger partial charge in [0.1, 0.15) is 5.69 Å². The van der Waals surface area contributed by atoms with Crippen LogP contribution in [0, 0.1) is 12.8 Å². The second-order valence-corrected chi connectivity index (χ2v) is 7.94. The maximum Gasteiger partial charge on any atom is 0.338 e. The number of rotatable bonds is 5. The van der Waals surface area contributed by atoms with Gasteiger partial charge in [-0.2, -0.15) is 0 Å². The van der Waals surface area contributed by atoms with Crippen LogP contribution in [0.25, 0.3) is 11.0 Å². The fraction of sp³-hybridized carbons (Fsp3) is 0.545. The summed E-state index contributed by atoms with van der Waals surface area (Å²) in [6, 6.07) is 5.12. The van der Waals surface area contributed by atoms with Gasteiger partial charge in [-0.1, -0.05) is 6.92 Å². The van der Waals surface area contributed by atoms with E-state index < -0.39 is 5.97 Å². The number of hydrogen-bond donors (Lipinski definition) is 0. The summed E-state index contributed by atoms with van der Waals surface area (Å²) in [4.78, 5) is 43.1. The Morgan fingerprint density at radius 3 is 2.59 bits per heavy atom. The zero-order valence-corrected chi connectivity index (χ0v) is 17.6. The van der Waals surface area contributed by atoms with E-state index in [1.807, 2.05) is 6.92 Å². The number of nitrogens with zero attached hydrogens (tertiary/aromatic N) is 3. The molecule has 0 aliphatic heterocycles. The normalized spacial score (nSPS) is 19.2. The highest BCUT2D eigenvalue weighted by Gasteiger charge is 2.25. The third kappa shape index (κ3) is 4.49. The molecule has 0 atom stereocenters. The average molecular weight is 399 g/mol. The van der Waals surface area contributed by atoms with Crippen molar-refractivity contribution >= 4 is 22.9 Å². The van der Waals surface area contributed by atoms with Crippen LogP contribution in [-0.2, 0) is 16.1 Å². The predicted molar refractivity (Wildman–Crippen MR) is 111 cm³/mol. The van der Waals surface area contributed by atoms with Gasteiger partial charge in [0, 0.05) is 19.6 Å². The number of esters is 1. The number of aryl methyl sites for hydroxylation is 2. The van der Waals surface area contributed by atoms with Crippen LogP contribution < -0.4 is 5.56 Å². The minimum Gasteiger partial charge on any atom is -0.452 e.